The van der Waals surface area contributed by atoms with Gasteiger partial charge in [0.05, 0.1) is 0 Å². The van der Waals surface area contributed by atoms with Crippen molar-refractivity contribution in [2.75, 3.05) is 13.1 Å². The van der Waals surface area contributed by atoms with E-state index in [1.165, 1.54) is 31.2 Å². The van der Waals surface area contributed by atoms with Crippen LogP contribution in [-0.4, -0.2) is 29.1 Å². The van der Waals surface area contributed by atoms with Crippen LogP contribution in [0, 0.1) is 5.41 Å². The number of nitrogens with zero attached hydrogens (tertiary/aromatic N) is 1. The molecule has 0 amide bonds. The van der Waals surface area contributed by atoms with Crippen molar-refractivity contribution >= 4 is 5.97 Å². The number of hydrogen-bond donors (Lipinski definition) is 1. The van der Waals surface area contributed by atoms with Gasteiger partial charge in [-0.25, -0.2) is 0 Å². The van der Waals surface area contributed by atoms with Crippen LogP contribution < -0.4 is 4.74 Å². The molecule has 176 valence electrons. The summed E-state index contributed by atoms with van der Waals surface area (Å²) < 4.78 is 5.92. The number of fused-ring (bicyclic) bond motifs is 1. The second kappa shape index (κ2) is 10.0. The molecule has 5 rings (SSSR count). The molecule has 0 aromatic heterocycles. The van der Waals surface area contributed by atoms with E-state index in [0.717, 1.165) is 36.5 Å². The number of allylic oxidation sites excluding steroid dienone is 6. The lowest BCUT2D eigenvalue weighted by molar-refractivity contribution is -0.136. The molecule has 0 radical (unpaired) electrons. The molecule has 34 heavy (non-hydrogen) atoms. The van der Waals surface area contributed by atoms with E-state index in [1.807, 2.05) is 24.3 Å². The third kappa shape index (κ3) is 5.18. The summed E-state index contributed by atoms with van der Waals surface area (Å²) in [5.41, 5.74) is 6.97. The van der Waals surface area contributed by atoms with Crippen molar-refractivity contribution < 1.29 is 14.6 Å². The van der Waals surface area contributed by atoms with Gasteiger partial charge in [-0.15, -0.1) is 0 Å². The molecule has 2 aromatic rings. The predicted octanol–water partition coefficient (Wildman–Crippen LogP) is 6.08. The van der Waals surface area contributed by atoms with Crippen LogP contribution in [0.1, 0.15) is 48.8 Å². The molecule has 0 saturated carbocycles. The number of piperidine rings is 1. The van der Waals surface area contributed by atoms with Crippen LogP contribution in [0.5, 0.6) is 5.75 Å². The Kier molecular flexibility index (Phi) is 6.68. The van der Waals surface area contributed by atoms with Crippen molar-refractivity contribution in [3.8, 4) is 5.75 Å². The van der Waals surface area contributed by atoms with Crippen molar-refractivity contribution in [3.05, 3.63) is 101 Å². The van der Waals surface area contributed by atoms with Crippen LogP contribution in [0.4, 0.5) is 0 Å². The van der Waals surface area contributed by atoms with Gasteiger partial charge in [0, 0.05) is 18.4 Å². The number of carboxylic acids is 1. The van der Waals surface area contributed by atoms with E-state index in [9.17, 15) is 4.79 Å². The lowest BCUT2D eigenvalue weighted by Gasteiger charge is -2.40. The largest absolute Gasteiger partial charge is 0.489 e. The number of carbonyl (C=O) groups is 1. The Morgan fingerprint density at radius 2 is 1.65 bits per heavy atom. The second-order valence-electron chi connectivity index (χ2n) is 9.79. The van der Waals surface area contributed by atoms with Crippen molar-refractivity contribution in [1.29, 1.82) is 0 Å². The van der Waals surface area contributed by atoms with E-state index in [-0.39, 0.29) is 6.42 Å². The van der Waals surface area contributed by atoms with E-state index in [2.05, 4.69) is 53.5 Å². The molecule has 0 bridgehead atoms. The number of carboxylic acid groups (broad SMARTS) is 1. The molecular weight excluding hydrogens is 422 g/mol. The highest BCUT2D eigenvalue weighted by Crippen LogP contribution is 2.48. The highest BCUT2D eigenvalue weighted by molar-refractivity contribution is 5.67. The molecule has 3 aliphatic rings. The number of aliphatic carboxylic acids is 1. The number of aryl methyl sites for hydroxylation is 1. The topological polar surface area (TPSA) is 49.8 Å². The number of ether oxygens (including phenoxy) is 1. The molecule has 0 unspecified atom stereocenters. The fourth-order valence-corrected chi connectivity index (χ4v) is 5.41. The van der Waals surface area contributed by atoms with Crippen molar-refractivity contribution in [3.63, 3.8) is 0 Å². The zero-order chi connectivity index (χ0) is 23.4. The minimum atomic E-state index is -0.771. The molecule has 2 aliphatic carbocycles. The summed E-state index contributed by atoms with van der Waals surface area (Å²) in [6.45, 7) is 3.81. The molecule has 2 aromatic carbocycles. The van der Waals surface area contributed by atoms with Crippen molar-refractivity contribution in [2.45, 2.75) is 51.7 Å². The maximum atomic E-state index is 10.7. The number of rotatable bonds is 8. The van der Waals surface area contributed by atoms with E-state index in [4.69, 9.17) is 9.84 Å². The first-order valence-corrected chi connectivity index (χ1v) is 12.4. The quantitative estimate of drug-likeness (QED) is 0.524. The highest BCUT2D eigenvalue weighted by atomic mass is 16.5. The molecule has 1 spiro atoms. The summed E-state index contributed by atoms with van der Waals surface area (Å²) in [7, 11) is 0. The molecule has 4 nitrogen and oxygen atoms in total. The van der Waals surface area contributed by atoms with Gasteiger partial charge in [-0.3, -0.25) is 9.69 Å². The third-order valence-electron chi connectivity index (χ3n) is 7.48. The summed E-state index contributed by atoms with van der Waals surface area (Å²) >= 11 is 0. The normalized spacial score (nSPS) is 18.9. The van der Waals surface area contributed by atoms with Gasteiger partial charge in [0.15, 0.2) is 0 Å². The van der Waals surface area contributed by atoms with Crippen LogP contribution in [-0.2, 0) is 24.4 Å². The first-order chi connectivity index (χ1) is 16.6. The van der Waals surface area contributed by atoms with Crippen LogP contribution >= 0.6 is 0 Å². The zero-order valence-corrected chi connectivity index (χ0v) is 19.7. The number of likely N-dealkylation sites (tertiary alicyclic amines) is 1. The Morgan fingerprint density at radius 3 is 2.38 bits per heavy atom. The standard InChI is InChI=1S/C30H33NO3/c32-29(33)14-11-23-9-12-27(13-10-23)34-22-25-7-5-24(6-8-25)21-31-19-17-30(18-20-31)16-15-26-3-1-2-4-28(26)30/h2,4-10,12-13,15-16H,1,3,11,14,17-22H2,(H,32,33). The maximum absolute atomic E-state index is 10.7. The van der Waals surface area contributed by atoms with Gasteiger partial charge in [0.2, 0.25) is 0 Å². The van der Waals surface area contributed by atoms with E-state index in [1.54, 1.807) is 11.1 Å². The molecule has 0 atom stereocenters. The molecular formula is C30H33NO3. The first-order valence-electron chi connectivity index (χ1n) is 12.4. The summed E-state index contributed by atoms with van der Waals surface area (Å²) in [6.07, 6.45) is 15.1. The van der Waals surface area contributed by atoms with Gasteiger partial charge in [0.25, 0.3) is 0 Å². The Labute approximate surface area is 202 Å². The Hall–Kier alpha value is -3.11. The van der Waals surface area contributed by atoms with E-state index >= 15 is 0 Å². The minimum absolute atomic E-state index is 0.151. The summed E-state index contributed by atoms with van der Waals surface area (Å²) in [5.74, 6) is 0.0319. The molecule has 1 aliphatic heterocycles. The molecule has 1 fully saturated rings. The van der Waals surface area contributed by atoms with Gasteiger partial charge >= 0.3 is 5.97 Å². The maximum Gasteiger partial charge on any atom is 0.303 e. The smallest absolute Gasteiger partial charge is 0.303 e. The third-order valence-corrected chi connectivity index (χ3v) is 7.48. The number of benzene rings is 2. The summed E-state index contributed by atoms with van der Waals surface area (Å²) in [6, 6.07) is 16.5. The Balaban J connectivity index is 1.09. The van der Waals surface area contributed by atoms with Gasteiger partial charge in [-0.1, -0.05) is 60.7 Å². The Morgan fingerprint density at radius 1 is 0.941 bits per heavy atom. The monoisotopic (exact) mass is 455 g/mol. The molecule has 1 N–H and O–H groups in total. The lowest BCUT2D eigenvalue weighted by Crippen LogP contribution is -2.39. The van der Waals surface area contributed by atoms with Crippen LogP contribution in [0.2, 0.25) is 0 Å². The summed E-state index contributed by atoms with van der Waals surface area (Å²) in [5, 5.41) is 8.80. The lowest BCUT2D eigenvalue weighted by atomic mass is 9.72. The first kappa shape index (κ1) is 22.7. The van der Waals surface area contributed by atoms with Gasteiger partial charge in [-0.2, -0.15) is 0 Å². The van der Waals surface area contributed by atoms with Crippen LogP contribution in [0.25, 0.3) is 0 Å². The van der Waals surface area contributed by atoms with Gasteiger partial charge in [0.1, 0.15) is 12.4 Å². The summed E-state index contributed by atoms with van der Waals surface area (Å²) in [4.78, 5) is 13.3. The second-order valence-corrected chi connectivity index (χ2v) is 9.79. The molecule has 1 heterocycles. The highest BCUT2D eigenvalue weighted by Gasteiger charge is 2.38. The zero-order valence-electron chi connectivity index (χ0n) is 19.7. The minimum Gasteiger partial charge on any atom is -0.489 e. The average molecular weight is 456 g/mol. The predicted molar refractivity (Wildman–Crippen MR) is 135 cm³/mol. The van der Waals surface area contributed by atoms with Gasteiger partial charge < -0.3 is 9.84 Å². The van der Waals surface area contributed by atoms with Crippen molar-refractivity contribution in [2.24, 2.45) is 5.41 Å². The van der Waals surface area contributed by atoms with Crippen LogP contribution in [0.3, 0.4) is 0 Å². The molecule has 1 saturated heterocycles. The van der Waals surface area contributed by atoms with E-state index < -0.39 is 5.97 Å². The number of hydrogen-bond acceptors (Lipinski definition) is 3. The average Bonchev–Trinajstić information content (AvgIpc) is 3.22. The Bertz CT molecular complexity index is 1100. The van der Waals surface area contributed by atoms with Gasteiger partial charge in [-0.05, 0) is 85.2 Å². The fraction of sp³-hybridized carbons (Fsp3) is 0.367. The fourth-order valence-electron chi connectivity index (χ4n) is 5.41. The van der Waals surface area contributed by atoms with Crippen LogP contribution in [0.15, 0.2) is 84.0 Å². The molecule has 4 heteroatoms. The van der Waals surface area contributed by atoms with Crippen molar-refractivity contribution in [1.82, 2.24) is 4.90 Å². The SMILES string of the molecule is O=C(O)CCc1ccc(OCc2ccc(CN3CCC4(C=CC5=C4C=CCC5)CC3)cc2)cc1. The van der Waals surface area contributed by atoms with E-state index in [0.29, 0.717) is 18.4 Å².